The van der Waals surface area contributed by atoms with E-state index in [1.165, 1.54) is 16.8 Å². The molecule has 1 fully saturated rings. The maximum Gasteiger partial charge on any atom is 0.0399 e. The van der Waals surface area contributed by atoms with Crippen molar-refractivity contribution in [2.24, 2.45) is 5.92 Å². The largest absolute Gasteiger partial charge is 0.370 e. The summed E-state index contributed by atoms with van der Waals surface area (Å²) in [5, 5.41) is 3.49. The lowest BCUT2D eigenvalue weighted by molar-refractivity contribution is 0.564. The molecule has 1 atom stereocenters. The van der Waals surface area contributed by atoms with Crippen molar-refractivity contribution in [3.63, 3.8) is 0 Å². The van der Waals surface area contributed by atoms with E-state index in [9.17, 15) is 0 Å². The summed E-state index contributed by atoms with van der Waals surface area (Å²) in [6.45, 7) is 11.2. The first-order valence-electron chi connectivity index (χ1n) is 6.20. The second kappa shape index (κ2) is 4.88. The minimum Gasteiger partial charge on any atom is -0.370 e. The molecule has 0 saturated carbocycles. The number of aryl methyl sites for hydroxylation is 2. The molecule has 1 aromatic carbocycles. The summed E-state index contributed by atoms with van der Waals surface area (Å²) >= 11 is 0. The van der Waals surface area contributed by atoms with E-state index in [1.807, 2.05) is 0 Å². The smallest absolute Gasteiger partial charge is 0.0399 e. The van der Waals surface area contributed by atoms with Crippen LogP contribution in [0.3, 0.4) is 0 Å². The Morgan fingerprint density at radius 2 is 2.12 bits per heavy atom. The summed E-state index contributed by atoms with van der Waals surface area (Å²) in [4.78, 5) is 2.52. The highest BCUT2D eigenvalue weighted by molar-refractivity contribution is 5.55. The molecule has 1 aliphatic heterocycles. The van der Waals surface area contributed by atoms with E-state index in [0.717, 1.165) is 32.1 Å². The van der Waals surface area contributed by atoms with Gasteiger partial charge in [-0.25, -0.2) is 0 Å². The van der Waals surface area contributed by atoms with Crippen LogP contribution in [0.25, 0.3) is 0 Å². The molecule has 1 heterocycles. The fourth-order valence-corrected chi connectivity index (χ4v) is 2.37. The minimum atomic E-state index is 0.724. The second-order valence-electron chi connectivity index (χ2n) is 5.05. The van der Waals surface area contributed by atoms with Crippen LogP contribution < -0.4 is 10.2 Å². The average Bonchev–Trinajstić information content (AvgIpc) is 2.46. The summed E-state index contributed by atoms with van der Waals surface area (Å²) in [5.74, 6) is 0.724. The fourth-order valence-electron chi connectivity index (χ4n) is 2.37. The summed E-state index contributed by atoms with van der Waals surface area (Å²) in [6.07, 6.45) is 0. The van der Waals surface area contributed by atoms with Gasteiger partial charge in [0.1, 0.15) is 0 Å². The third kappa shape index (κ3) is 2.56. The molecule has 2 rings (SSSR count). The lowest BCUT2D eigenvalue weighted by atomic mass is 10.1. The molecular formula is C14H22N2. The molecule has 0 aromatic heterocycles. The first-order chi connectivity index (χ1) is 7.66. The van der Waals surface area contributed by atoms with Crippen LogP contribution in [0.1, 0.15) is 18.1 Å². The number of rotatable bonds is 1. The monoisotopic (exact) mass is 218 g/mol. The van der Waals surface area contributed by atoms with Gasteiger partial charge in [-0.3, -0.25) is 0 Å². The molecule has 2 nitrogen and oxygen atoms in total. The van der Waals surface area contributed by atoms with Crippen LogP contribution in [0.2, 0.25) is 0 Å². The molecule has 0 radical (unpaired) electrons. The van der Waals surface area contributed by atoms with Gasteiger partial charge >= 0.3 is 0 Å². The van der Waals surface area contributed by atoms with Crippen molar-refractivity contribution in [2.45, 2.75) is 20.8 Å². The van der Waals surface area contributed by atoms with Gasteiger partial charge in [0, 0.05) is 25.3 Å². The average molecular weight is 218 g/mol. The van der Waals surface area contributed by atoms with Gasteiger partial charge < -0.3 is 10.2 Å². The molecule has 88 valence electrons. The van der Waals surface area contributed by atoms with Crippen molar-refractivity contribution in [3.05, 3.63) is 29.3 Å². The zero-order chi connectivity index (χ0) is 11.5. The van der Waals surface area contributed by atoms with Gasteiger partial charge in [-0.1, -0.05) is 19.1 Å². The molecule has 1 aromatic rings. The minimum absolute atomic E-state index is 0.724. The number of anilines is 1. The molecule has 1 unspecified atom stereocenters. The summed E-state index contributed by atoms with van der Waals surface area (Å²) in [6, 6.07) is 6.74. The quantitative estimate of drug-likeness (QED) is 0.778. The van der Waals surface area contributed by atoms with Crippen molar-refractivity contribution in [3.8, 4) is 0 Å². The Bertz CT molecular complexity index is 360. The van der Waals surface area contributed by atoms with Gasteiger partial charge in [0.2, 0.25) is 0 Å². The van der Waals surface area contributed by atoms with Crippen molar-refractivity contribution < 1.29 is 0 Å². The van der Waals surface area contributed by atoms with E-state index in [4.69, 9.17) is 0 Å². The van der Waals surface area contributed by atoms with Crippen molar-refractivity contribution in [2.75, 3.05) is 31.1 Å². The van der Waals surface area contributed by atoms with E-state index < -0.39 is 0 Å². The maximum atomic E-state index is 3.49. The van der Waals surface area contributed by atoms with Gasteiger partial charge in [0.05, 0.1) is 0 Å². The molecule has 1 N–H and O–H groups in total. The molecule has 1 aliphatic rings. The van der Waals surface area contributed by atoms with Crippen LogP contribution in [0.15, 0.2) is 18.2 Å². The second-order valence-corrected chi connectivity index (χ2v) is 5.05. The molecule has 1 saturated heterocycles. The van der Waals surface area contributed by atoms with Crippen molar-refractivity contribution in [1.82, 2.24) is 5.32 Å². The van der Waals surface area contributed by atoms with Crippen LogP contribution in [0, 0.1) is 19.8 Å². The van der Waals surface area contributed by atoms with E-state index >= 15 is 0 Å². The van der Waals surface area contributed by atoms with E-state index in [-0.39, 0.29) is 0 Å². The van der Waals surface area contributed by atoms with Gasteiger partial charge in [-0.15, -0.1) is 0 Å². The van der Waals surface area contributed by atoms with Gasteiger partial charge in [-0.05, 0) is 43.5 Å². The van der Waals surface area contributed by atoms with Crippen LogP contribution in [-0.2, 0) is 0 Å². The summed E-state index contributed by atoms with van der Waals surface area (Å²) in [5.41, 5.74) is 4.15. The highest BCUT2D eigenvalue weighted by atomic mass is 15.2. The van der Waals surface area contributed by atoms with Crippen molar-refractivity contribution in [1.29, 1.82) is 0 Å². The van der Waals surface area contributed by atoms with Crippen LogP contribution >= 0.6 is 0 Å². The third-order valence-corrected chi connectivity index (χ3v) is 3.29. The number of hydrogen-bond acceptors (Lipinski definition) is 2. The van der Waals surface area contributed by atoms with Crippen LogP contribution in [0.4, 0.5) is 5.69 Å². The Labute approximate surface area is 98.7 Å². The Morgan fingerprint density at radius 1 is 1.31 bits per heavy atom. The predicted octanol–water partition coefficient (Wildman–Crippen LogP) is 2.35. The van der Waals surface area contributed by atoms with Gasteiger partial charge in [-0.2, -0.15) is 0 Å². The molecule has 0 amide bonds. The Morgan fingerprint density at radius 3 is 2.94 bits per heavy atom. The highest BCUT2D eigenvalue weighted by Crippen LogP contribution is 2.22. The molecule has 0 aliphatic carbocycles. The standard InChI is InChI=1S/C14H22N2/c1-11-4-5-13(3)14(8-11)16-7-6-15-9-12(2)10-16/h4-5,8,12,15H,6-7,9-10H2,1-3H3. The van der Waals surface area contributed by atoms with E-state index in [0.29, 0.717) is 0 Å². The Kier molecular flexibility index (Phi) is 3.49. The predicted molar refractivity (Wildman–Crippen MR) is 70.2 cm³/mol. The Hall–Kier alpha value is -1.02. The summed E-state index contributed by atoms with van der Waals surface area (Å²) < 4.78 is 0. The zero-order valence-electron chi connectivity index (χ0n) is 10.6. The van der Waals surface area contributed by atoms with E-state index in [2.05, 4.69) is 49.2 Å². The topological polar surface area (TPSA) is 15.3 Å². The van der Waals surface area contributed by atoms with Crippen LogP contribution in [-0.4, -0.2) is 26.2 Å². The number of nitrogens with zero attached hydrogens (tertiary/aromatic N) is 1. The Balaban J connectivity index is 2.24. The summed E-state index contributed by atoms with van der Waals surface area (Å²) in [7, 11) is 0. The van der Waals surface area contributed by atoms with E-state index in [1.54, 1.807) is 0 Å². The third-order valence-electron chi connectivity index (χ3n) is 3.29. The molecule has 16 heavy (non-hydrogen) atoms. The van der Waals surface area contributed by atoms with Crippen LogP contribution in [0.5, 0.6) is 0 Å². The molecule has 2 heteroatoms. The SMILES string of the molecule is Cc1ccc(C)c(N2CCNCC(C)C2)c1. The highest BCUT2D eigenvalue weighted by Gasteiger charge is 2.15. The van der Waals surface area contributed by atoms with Gasteiger partial charge in [0.15, 0.2) is 0 Å². The lowest BCUT2D eigenvalue weighted by Gasteiger charge is -2.26. The first-order valence-corrected chi connectivity index (χ1v) is 6.20. The van der Waals surface area contributed by atoms with Gasteiger partial charge in [0.25, 0.3) is 0 Å². The molecule has 0 bridgehead atoms. The van der Waals surface area contributed by atoms with Crippen molar-refractivity contribution >= 4 is 5.69 Å². The zero-order valence-corrected chi connectivity index (χ0v) is 10.6. The normalized spacial score (nSPS) is 21.9. The fraction of sp³-hybridized carbons (Fsp3) is 0.571. The molecule has 0 spiro atoms. The number of benzene rings is 1. The number of nitrogens with one attached hydrogen (secondary N) is 1. The number of hydrogen-bond donors (Lipinski definition) is 1. The maximum absolute atomic E-state index is 3.49. The molecular weight excluding hydrogens is 196 g/mol. The first kappa shape index (κ1) is 11.5. The lowest BCUT2D eigenvalue weighted by Crippen LogP contribution is -2.29.